The zero-order chi connectivity index (χ0) is 14.9. The highest BCUT2D eigenvalue weighted by atomic mass is 32.2. The van der Waals surface area contributed by atoms with Gasteiger partial charge in [-0.05, 0) is 41.5 Å². The van der Waals surface area contributed by atoms with Crippen LogP contribution < -0.4 is 5.32 Å². The molecule has 0 aromatic rings. The summed E-state index contributed by atoms with van der Waals surface area (Å²) in [5.41, 5.74) is -0.575. The lowest BCUT2D eigenvalue weighted by Gasteiger charge is -2.27. The third-order valence-corrected chi connectivity index (χ3v) is 5.30. The first-order valence-electron chi connectivity index (χ1n) is 5.52. The molecule has 2 N–H and O–H groups in total. The van der Waals surface area contributed by atoms with Gasteiger partial charge in [0.25, 0.3) is 0 Å². The number of hydrogen-bond acceptors (Lipinski definition) is 4. The van der Waals surface area contributed by atoms with Crippen LogP contribution in [0, 0.1) is 0 Å². The zero-order valence-electron chi connectivity index (χ0n) is 11.6. The highest BCUT2D eigenvalue weighted by Crippen LogP contribution is 2.22. The summed E-state index contributed by atoms with van der Waals surface area (Å²) in [6, 6.07) is 0. The molecule has 18 heavy (non-hydrogen) atoms. The van der Waals surface area contributed by atoms with Gasteiger partial charge in [0.2, 0.25) is 5.91 Å². The molecule has 0 aromatic carbocycles. The fourth-order valence-corrected chi connectivity index (χ4v) is 2.64. The molecule has 0 rings (SSSR count). The molecule has 0 aliphatic rings. The fourth-order valence-electron chi connectivity index (χ4n) is 1.18. The molecule has 0 saturated heterocycles. The van der Waals surface area contributed by atoms with E-state index in [1.807, 2.05) is 0 Å². The molecule has 0 saturated carbocycles. The quantitative estimate of drug-likeness (QED) is 0.783. The van der Waals surface area contributed by atoms with Crippen molar-refractivity contribution in [3.05, 3.63) is 0 Å². The van der Waals surface area contributed by atoms with Crippen LogP contribution in [-0.2, 0) is 19.4 Å². The van der Waals surface area contributed by atoms with E-state index in [9.17, 15) is 18.0 Å². The summed E-state index contributed by atoms with van der Waals surface area (Å²) in [7, 11) is -4.12. The van der Waals surface area contributed by atoms with Gasteiger partial charge in [-0.1, -0.05) is 0 Å². The van der Waals surface area contributed by atoms with Gasteiger partial charge in [0, 0.05) is 5.54 Å². The maximum atomic E-state index is 12.1. The minimum Gasteiger partial charge on any atom is -0.480 e. The molecular formula is C11H21NO5S. The van der Waals surface area contributed by atoms with E-state index < -0.39 is 37.2 Å². The van der Waals surface area contributed by atoms with Crippen molar-refractivity contribution in [2.24, 2.45) is 0 Å². The second-order valence-corrected chi connectivity index (χ2v) is 8.56. The molecule has 1 atom stereocenters. The minimum absolute atomic E-state index is 0.575. The van der Waals surface area contributed by atoms with Crippen molar-refractivity contribution in [2.75, 3.05) is 0 Å². The van der Waals surface area contributed by atoms with Crippen molar-refractivity contribution in [2.45, 2.75) is 57.1 Å². The topological polar surface area (TPSA) is 101 Å². The van der Waals surface area contributed by atoms with E-state index in [0.717, 1.165) is 13.8 Å². The SMILES string of the molecule is CC(C(=O)NC(C)(C)C)S(=O)(=O)C(C)(C)C(=O)O. The Hall–Kier alpha value is -1.11. The maximum Gasteiger partial charge on any atom is 0.324 e. The van der Waals surface area contributed by atoms with Crippen LogP contribution in [-0.4, -0.2) is 40.9 Å². The van der Waals surface area contributed by atoms with Gasteiger partial charge < -0.3 is 10.4 Å². The van der Waals surface area contributed by atoms with E-state index in [-0.39, 0.29) is 0 Å². The minimum atomic E-state index is -4.12. The molecular weight excluding hydrogens is 258 g/mol. The number of carboxylic acid groups (broad SMARTS) is 1. The third-order valence-electron chi connectivity index (χ3n) is 2.56. The summed E-state index contributed by atoms with van der Waals surface area (Å²) < 4.78 is 22.2. The average Bonchev–Trinajstić information content (AvgIpc) is 2.13. The van der Waals surface area contributed by atoms with Gasteiger partial charge >= 0.3 is 5.97 Å². The van der Waals surface area contributed by atoms with E-state index in [0.29, 0.717) is 0 Å². The van der Waals surface area contributed by atoms with E-state index in [1.165, 1.54) is 6.92 Å². The van der Waals surface area contributed by atoms with Crippen LogP contribution in [0.25, 0.3) is 0 Å². The van der Waals surface area contributed by atoms with Gasteiger partial charge in [0.05, 0.1) is 0 Å². The van der Waals surface area contributed by atoms with E-state index in [4.69, 9.17) is 5.11 Å². The van der Waals surface area contributed by atoms with Crippen molar-refractivity contribution in [1.82, 2.24) is 5.32 Å². The Balaban J connectivity index is 5.29. The second-order valence-electron chi connectivity index (χ2n) is 5.74. The van der Waals surface area contributed by atoms with Crippen LogP contribution in [0.1, 0.15) is 41.5 Å². The van der Waals surface area contributed by atoms with Gasteiger partial charge in [-0.15, -0.1) is 0 Å². The van der Waals surface area contributed by atoms with E-state index in [2.05, 4.69) is 5.32 Å². The van der Waals surface area contributed by atoms with E-state index >= 15 is 0 Å². The molecule has 0 fully saturated rings. The monoisotopic (exact) mass is 279 g/mol. The summed E-state index contributed by atoms with van der Waals surface area (Å²) in [5.74, 6) is -2.17. The molecule has 0 aliphatic carbocycles. The Morgan fingerprint density at radius 2 is 1.50 bits per heavy atom. The van der Waals surface area contributed by atoms with E-state index in [1.54, 1.807) is 20.8 Å². The lowest BCUT2D eigenvalue weighted by Crippen LogP contribution is -2.53. The lowest BCUT2D eigenvalue weighted by atomic mass is 10.1. The number of sulfone groups is 1. The van der Waals surface area contributed by atoms with Gasteiger partial charge in [-0.25, -0.2) is 8.42 Å². The van der Waals surface area contributed by atoms with Crippen molar-refractivity contribution < 1.29 is 23.1 Å². The normalized spacial score (nSPS) is 15.0. The number of amides is 1. The number of carbonyl (C=O) groups excluding carboxylic acids is 1. The molecule has 0 aliphatic heterocycles. The zero-order valence-corrected chi connectivity index (χ0v) is 12.4. The van der Waals surface area contributed by atoms with Crippen LogP contribution in [0.15, 0.2) is 0 Å². The molecule has 1 unspecified atom stereocenters. The molecule has 0 bridgehead atoms. The number of nitrogens with one attached hydrogen (secondary N) is 1. The highest BCUT2D eigenvalue weighted by molar-refractivity contribution is 7.94. The fraction of sp³-hybridized carbons (Fsp3) is 0.818. The average molecular weight is 279 g/mol. The number of carbonyl (C=O) groups is 2. The summed E-state index contributed by atoms with van der Waals surface area (Å²) in [6.07, 6.45) is 0. The number of aliphatic carboxylic acids is 1. The maximum absolute atomic E-state index is 12.1. The van der Waals surface area contributed by atoms with Crippen molar-refractivity contribution in [1.29, 1.82) is 0 Å². The van der Waals surface area contributed by atoms with Crippen LogP contribution in [0.2, 0.25) is 0 Å². The Morgan fingerprint density at radius 1 is 1.11 bits per heavy atom. The van der Waals surface area contributed by atoms with Crippen molar-refractivity contribution in [3.63, 3.8) is 0 Å². The smallest absolute Gasteiger partial charge is 0.324 e. The lowest BCUT2D eigenvalue weighted by molar-refractivity contribution is -0.139. The largest absolute Gasteiger partial charge is 0.480 e. The summed E-state index contributed by atoms with van der Waals surface area (Å²) in [4.78, 5) is 22.8. The summed E-state index contributed by atoms with van der Waals surface area (Å²) in [5, 5.41) is 10.0. The second kappa shape index (κ2) is 4.87. The van der Waals surface area contributed by atoms with Crippen molar-refractivity contribution >= 4 is 21.7 Å². The standard InChI is InChI=1S/C11H21NO5S/c1-7(8(13)12-10(2,3)4)18(16,17)11(5,6)9(14)15/h7H,1-6H3,(H,12,13)(H,14,15). The molecule has 0 aromatic heterocycles. The molecule has 6 nitrogen and oxygen atoms in total. The van der Waals surface area contributed by atoms with Crippen LogP contribution >= 0.6 is 0 Å². The Labute approximate surface area is 108 Å². The Bertz CT molecular complexity index is 445. The molecule has 0 spiro atoms. The molecule has 0 radical (unpaired) electrons. The third kappa shape index (κ3) is 3.44. The number of carboxylic acids is 1. The Kier molecular flexibility index (Phi) is 4.57. The molecule has 0 heterocycles. The highest BCUT2D eigenvalue weighted by Gasteiger charge is 2.47. The van der Waals surface area contributed by atoms with Gasteiger partial charge in [0.15, 0.2) is 14.6 Å². The van der Waals surface area contributed by atoms with Crippen LogP contribution in [0.4, 0.5) is 0 Å². The molecule has 7 heteroatoms. The Morgan fingerprint density at radius 3 is 1.78 bits per heavy atom. The predicted octanol–water partition coefficient (Wildman–Crippen LogP) is 0.568. The first-order valence-corrected chi connectivity index (χ1v) is 7.07. The molecule has 106 valence electrons. The number of hydrogen-bond donors (Lipinski definition) is 2. The van der Waals surface area contributed by atoms with Crippen molar-refractivity contribution in [3.8, 4) is 0 Å². The molecule has 1 amide bonds. The summed E-state index contributed by atoms with van der Waals surface area (Å²) >= 11 is 0. The number of rotatable bonds is 4. The van der Waals surface area contributed by atoms with Gasteiger partial charge in [0.1, 0.15) is 5.25 Å². The predicted molar refractivity (Wildman–Crippen MR) is 68.0 cm³/mol. The van der Waals surface area contributed by atoms with Crippen LogP contribution in [0.3, 0.4) is 0 Å². The summed E-state index contributed by atoms with van der Waals surface area (Å²) in [6.45, 7) is 8.49. The van der Waals surface area contributed by atoms with Gasteiger partial charge in [-0.2, -0.15) is 0 Å². The van der Waals surface area contributed by atoms with Gasteiger partial charge in [-0.3, -0.25) is 9.59 Å². The first kappa shape index (κ1) is 16.9. The van der Waals surface area contributed by atoms with Crippen LogP contribution in [0.5, 0.6) is 0 Å². The first-order chi connectivity index (χ1) is 7.73.